The van der Waals surface area contributed by atoms with E-state index in [2.05, 4.69) is 20.1 Å². The van der Waals surface area contributed by atoms with Gasteiger partial charge in [-0.3, -0.25) is 4.79 Å². The smallest absolute Gasteiger partial charge is 0.171 e. The van der Waals surface area contributed by atoms with Crippen molar-refractivity contribution in [1.82, 2.24) is 0 Å². The van der Waals surface area contributed by atoms with Crippen molar-refractivity contribution < 1.29 is 38.3 Å². The molecular weight excluding hydrogens is 512 g/mol. The van der Waals surface area contributed by atoms with E-state index in [0.29, 0.717) is 18.9 Å². The van der Waals surface area contributed by atoms with Crippen LogP contribution in [0.5, 0.6) is 0 Å². The first kappa shape index (κ1) is 31.8. The number of hydrogen-bond acceptors (Lipinski definition) is 8. The molecule has 8 heteroatoms. The van der Waals surface area contributed by atoms with E-state index in [9.17, 15) is 4.79 Å². The zero-order valence-corrected chi connectivity index (χ0v) is 25.1. The van der Waals surface area contributed by atoms with Gasteiger partial charge in [-0.25, -0.2) is 0 Å². The van der Waals surface area contributed by atoms with E-state index in [1.54, 1.807) is 14.2 Å². The monoisotopic (exact) mass is 564 g/mol. The van der Waals surface area contributed by atoms with Crippen molar-refractivity contribution in [3.05, 3.63) is 24.3 Å². The fourth-order valence-corrected chi connectivity index (χ4v) is 7.11. The Balaban J connectivity index is 1.24. The molecule has 5 unspecified atom stereocenters. The standard InChI is InChI=1S/C32H52O8/c1-20-15-26(39-29(22(20)3)18-30-24(11-14-37-30)17-25(34)10-13-33)7-8-28-21(2)16-27(38-28)9-12-32(36-6)19-31(35-5)23(4)40-32/h20,23-24,26-31,33H,2-3,7-19H2,1,4-6H3/t20-,23?,24?,26+,27?,28?,29-,30+,31-,32?/m1/s1. The van der Waals surface area contributed by atoms with Crippen LogP contribution in [0.2, 0.25) is 0 Å². The van der Waals surface area contributed by atoms with Gasteiger partial charge >= 0.3 is 0 Å². The molecule has 4 saturated heterocycles. The normalized spacial score (nSPS) is 40.3. The summed E-state index contributed by atoms with van der Waals surface area (Å²) in [5.41, 5.74) is 2.28. The maximum absolute atomic E-state index is 12.1. The van der Waals surface area contributed by atoms with Gasteiger partial charge in [0.15, 0.2) is 5.79 Å². The lowest BCUT2D eigenvalue weighted by molar-refractivity contribution is -0.216. The molecule has 4 rings (SSSR count). The molecule has 4 fully saturated rings. The van der Waals surface area contributed by atoms with Gasteiger partial charge in [0.1, 0.15) is 5.78 Å². The molecule has 0 aromatic carbocycles. The zero-order valence-electron chi connectivity index (χ0n) is 25.1. The van der Waals surface area contributed by atoms with Crippen LogP contribution in [0.15, 0.2) is 24.3 Å². The maximum atomic E-state index is 12.1. The topological polar surface area (TPSA) is 92.7 Å². The SMILES string of the molecule is C=C1CC(CCC2(OC)C[C@@H](OC)C(C)O2)OC1CC[C@H]1C[C@@H](C)C(=C)[C@@H](C[C@@H]2OCCC2CC(=O)CCO)O1. The van der Waals surface area contributed by atoms with Crippen molar-refractivity contribution in [2.75, 3.05) is 27.4 Å². The van der Waals surface area contributed by atoms with Crippen molar-refractivity contribution in [3.8, 4) is 0 Å². The summed E-state index contributed by atoms with van der Waals surface area (Å²) < 4.78 is 36.6. The fraction of sp³-hybridized carbons (Fsp3) is 0.844. The van der Waals surface area contributed by atoms with E-state index in [1.165, 1.54) is 0 Å². The summed E-state index contributed by atoms with van der Waals surface area (Å²) >= 11 is 0. The first-order chi connectivity index (χ1) is 19.2. The van der Waals surface area contributed by atoms with Crippen LogP contribution in [0.25, 0.3) is 0 Å². The largest absolute Gasteiger partial charge is 0.396 e. The quantitative estimate of drug-likeness (QED) is 0.298. The molecule has 0 amide bonds. The molecule has 0 aromatic rings. The van der Waals surface area contributed by atoms with Crippen LogP contribution in [-0.2, 0) is 33.2 Å². The van der Waals surface area contributed by atoms with Crippen molar-refractivity contribution in [2.45, 2.75) is 133 Å². The summed E-state index contributed by atoms with van der Waals surface area (Å²) in [6, 6.07) is 0. The summed E-state index contributed by atoms with van der Waals surface area (Å²) in [5, 5.41) is 9.10. The number of carbonyl (C=O) groups excluding carboxylic acids is 1. The first-order valence-electron chi connectivity index (χ1n) is 15.3. The summed E-state index contributed by atoms with van der Waals surface area (Å²) in [7, 11) is 3.44. The third kappa shape index (κ3) is 7.82. The van der Waals surface area contributed by atoms with E-state index >= 15 is 0 Å². The lowest BCUT2D eigenvalue weighted by atomic mass is 9.83. The third-order valence-electron chi connectivity index (χ3n) is 9.70. The van der Waals surface area contributed by atoms with Gasteiger partial charge in [0.05, 0.1) is 42.7 Å². The molecule has 40 heavy (non-hydrogen) atoms. The van der Waals surface area contributed by atoms with Gasteiger partial charge in [-0.15, -0.1) is 0 Å². The highest BCUT2D eigenvalue weighted by molar-refractivity contribution is 5.78. The van der Waals surface area contributed by atoms with E-state index in [1.807, 2.05) is 6.92 Å². The Morgan fingerprint density at radius 3 is 2.58 bits per heavy atom. The Bertz CT molecular complexity index is 875. The minimum Gasteiger partial charge on any atom is -0.396 e. The molecule has 0 aromatic heterocycles. The number of aliphatic hydroxyl groups is 1. The minimum atomic E-state index is -0.611. The second-order valence-corrected chi connectivity index (χ2v) is 12.5. The van der Waals surface area contributed by atoms with Crippen LogP contribution < -0.4 is 0 Å². The molecule has 228 valence electrons. The highest BCUT2D eigenvalue weighted by Gasteiger charge is 2.46. The van der Waals surface area contributed by atoms with Crippen LogP contribution in [0.3, 0.4) is 0 Å². The molecule has 10 atom stereocenters. The van der Waals surface area contributed by atoms with E-state index in [4.69, 9.17) is 33.5 Å². The van der Waals surface area contributed by atoms with Crippen LogP contribution >= 0.6 is 0 Å². The fourth-order valence-electron chi connectivity index (χ4n) is 7.11. The van der Waals surface area contributed by atoms with Crippen molar-refractivity contribution in [1.29, 1.82) is 0 Å². The predicted molar refractivity (Wildman–Crippen MR) is 152 cm³/mol. The number of hydrogen-bond donors (Lipinski definition) is 1. The zero-order chi connectivity index (χ0) is 28.9. The molecule has 4 aliphatic heterocycles. The molecule has 0 radical (unpaired) electrons. The van der Waals surface area contributed by atoms with Crippen LogP contribution in [0, 0.1) is 11.8 Å². The van der Waals surface area contributed by atoms with Gasteiger partial charge in [-0.05, 0) is 68.4 Å². The number of methoxy groups -OCH3 is 2. The van der Waals surface area contributed by atoms with Crippen LogP contribution in [0.1, 0.15) is 84.5 Å². The van der Waals surface area contributed by atoms with Crippen molar-refractivity contribution in [2.24, 2.45) is 11.8 Å². The average molecular weight is 565 g/mol. The number of Topliss-reactive ketones (excluding diaryl/α,β-unsaturated/α-hetero) is 1. The Hall–Kier alpha value is -1.13. The lowest BCUT2D eigenvalue weighted by Gasteiger charge is -2.38. The maximum Gasteiger partial charge on any atom is 0.171 e. The number of carbonyl (C=O) groups is 1. The Labute approximate surface area is 240 Å². The van der Waals surface area contributed by atoms with Gasteiger partial charge in [-0.1, -0.05) is 20.1 Å². The Morgan fingerprint density at radius 2 is 1.88 bits per heavy atom. The van der Waals surface area contributed by atoms with E-state index in [-0.39, 0.29) is 67.5 Å². The molecule has 0 saturated carbocycles. The van der Waals surface area contributed by atoms with Crippen molar-refractivity contribution in [3.63, 3.8) is 0 Å². The van der Waals surface area contributed by atoms with Gasteiger partial charge in [0, 0.05) is 59.5 Å². The van der Waals surface area contributed by atoms with Gasteiger partial charge in [0.25, 0.3) is 0 Å². The highest BCUT2D eigenvalue weighted by Crippen LogP contribution is 2.41. The summed E-state index contributed by atoms with van der Waals surface area (Å²) in [6.07, 6.45) is 8.55. The van der Waals surface area contributed by atoms with Crippen LogP contribution in [0.4, 0.5) is 0 Å². The number of ketones is 1. The molecular formula is C32H52O8. The summed E-state index contributed by atoms with van der Waals surface area (Å²) in [4.78, 5) is 12.1. The molecule has 0 spiro atoms. The van der Waals surface area contributed by atoms with Gasteiger partial charge in [0.2, 0.25) is 0 Å². The first-order valence-corrected chi connectivity index (χ1v) is 15.3. The van der Waals surface area contributed by atoms with E-state index in [0.717, 1.165) is 68.9 Å². The highest BCUT2D eigenvalue weighted by atomic mass is 16.7. The van der Waals surface area contributed by atoms with Crippen LogP contribution in [-0.4, -0.2) is 86.8 Å². The Kier molecular flexibility index (Phi) is 11.4. The molecule has 0 aliphatic carbocycles. The van der Waals surface area contributed by atoms with E-state index < -0.39 is 5.79 Å². The predicted octanol–water partition coefficient (Wildman–Crippen LogP) is 4.91. The number of ether oxygens (including phenoxy) is 6. The minimum absolute atomic E-state index is 0.00422. The van der Waals surface area contributed by atoms with Crippen molar-refractivity contribution >= 4 is 5.78 Å². The third-order valence-corrected chi connectivity index (χ3v) is 9.70. The average Bonchev–Trinajstić information content (AvgIpc) is 3.61. The molecule has 4 heterocycles. The molecule has 8 nitrogen and oxygen atoms in total. The molecule has 4 aliphatic rings. The summed E-state index contributed by atoms with van der Waals surface area (Å²) in [6.45, 7) is 13.5. The van der Waals surface area contributed by atoms with Gasteiger partial charge in [-0.2, -0.15) is 0 Å². The second-order valence-electron chi connectivity index (χ2n) is 12.5. The molecule has 0 bridgehead atoms. The molecule has 1 N–H and O–H groups in total. The number of rotatable bonds is 14. The van der Waals surface area contributed by atoms with Gasteiger partial charge < -0.3 is 33.5 Å². The second kappa shape index (κ2) is 14.4. The summed E-state index contributed by atoms with van der Waals surface area (Å²) in [5.74, 6) is 0.0546. The number of aliphatic hydroxyl groups excluding tert-OH is 1. The Morgan fingerprint density at radius 1 is 1.10 bits per heavy atom. The lowest BCUT2D eigenvalue weighted by Crippen LogP contribution is -2.37.